The Morgan fingerprint density at radius 3 is 2.75 bits per heavy atom. The average molecular weight is 115 g/mol. The third-order valence-electron chi connectivity index (χ3n) is 0.686. The highest BCUT2D eigenvalue weighted by atomic mass is 16.5. The molecule has 0 aliphatic heterocycles. The van der Waals surface area contributed by atoms with Crippen LogP contribution in [0.25, 0.3) is 0 Å². The van der Waals surface area contributed by atoms with Crippen molar-refractivity contribution in [3.63, 3.8) is 0 Å². The van der Waals surface area contributed by atoms with Gasteiger partial charge in [0.05, 0.1) is 0 Å². The number of carbonyl (C=O) groups excluding carboxylic acids is 2. The standard InChI is InChI=1S/C5H7O3/c1-2-5(7)3-8-4-6/h2-3H2,1H3. The summed E-state index contributed by atoms with van der Waals surface area (Å²) in [5.41, 5.74) is 0. The van der Waals surface area contributed by atoms with E-state index in [1.165, 1.54) is 0 Å². The van der Waals surface area contributed by atoms with Crippen LogP contribution in [0.15, 0.2) is 0 Å². The summed E-state index contributed by atoms with van der Waals surface area (Å²) in [6, 6.07) is 0. The van der Waals surface area contributed by atoms with E-state index in [-0.39, 0.29) is 12.4 Å². The predicted molar refractivity (Wildman–Crippen MR) is 26.9 cm³/mol. The van der Waals surface area contributed by atoms with Crippen LogP contribution in [0.1, 0.15) is 13.3 Å². The molecule has 0 rings (SSSR count). The number of ketones is 1. The number of ether oxygens (including phenoxy) is 1. The molecule has 0 heterocycles. The minimum atomic E-state index is -0.139. The molecule has 0 aliphatic rings. The Morgan fingerprint density at radius 1 is 1.75 bits per heavy atom. The Bertz CT molecular complexity index is 87.7. The molecule has 0 bridgehead atoms. The van der Waals surface area contributed by atoms with E-state index in [4.69, 9.17) is 0 Å². The van der Waals surface area contributed by atoms with Crippen LogP contribution in [-0.2, 0) is 14.3 Å². The molecule has 3 heteroatoms. The Balaban J connectivity index is 3.11. The molecule has 0 aromatic heterocycles. The first-order valence-electron chi connectivity index (χ1n) is 2.32. The van der Waals surface area contributed by atoms with Gasteiger partial charge in [0.15, 0.2) is 12.4 Å². The van der Waals surface area contributed by atoms with Gasteiger partial charge < -0.3 is 4.74 Å². The molecular formula is C5H7O3. The lowest BCUT2D eigenvalue weighted by atomic mass is 10.3. The van der Waals surface area contributed by atoms with E-state index in [1.807, 2.05) is 0 Å². The fourth-order valence-corrected chi connectivity index (χ4v) is 0.212. The molecule has 0 spiro atoms. The van der Waals surface area contributed by atoms with E-state index >= 15 is 0 Å². The monoisotopic (exact) mass is 115 g/mol. The normalized spacial score (nSPS) is 8.12. The molecule has 0 N–H and O–H groups in total. The lowest BCUT2D eigenvalue weighted by Crippen LogP contribution is -2.04. The van der Waals surface area contributed by atoms with Crippen LogP contribution in [0, 0.1) is 0 Å². The topological polar surface area (TPSA) is 43.4 Å². The summed E-state index contributed by atoms with van der Waals surface area (Å²) in [5, 5.41) is 0. The van der Waals surface area contributed by atoms with Crippen LogP contribution in [0.5, 0.6) is 0 Å². The lowest BCUT2D eigenvalue weighted by Gasteiger charge is -1.89. The maximum absolute atomic E-state index is 10.3. The van der Waals surface area contributed by atoms with Crippen molar-refractivity contribution in [2.45, 2.75) is 13.3 Å². The zero-order valence-electron chi connectivity index (χ0n) is 4.64. The molecule has 0 aliphatic carbocycles. The Labute approximate surface area is 47.6 Å². The smallest absolute Gasteiger partial charge is 0.417 e. The van der Waals surface area contributed by atoms with E-state index in [2.05, 4.69) is 4.74 Å². The Hall–Kier alpha value is -0.860. The number of hydrogen-bond acceptors (Lipinski definition) is 3. The van der Waals surface area contributed by atoms with Crippen LogP contribution in [0.4, 0.5) is 0 Å². The van der Waals surface area contributed by atoms with Gasteiger partial charge in [-0.05, 0) is 0 Å². The van der Waals surface area contributed by atoms with Crippen molar-refractivity contribution in [3.8, 4) is 0 Å². The van der Waals surface area contributed by atoms with Crippen LogP contribution in [0.3, 0.4) is 0 Å². The van der Waals surface area contributed by atoms with Gasteiger partial charge in [-0.3, -0.25) is 4.79 Å². The molecule has 3 nitrogen and oxygen atoms in total. The molecule has 0 saturated carbocycles. The van der Waals surface area contributed by atoms with Gasteiger partial charge in [0.1, 0.15) is 0 Å². The first-order valence-corrected chi connectivity index (χ1v) is 2.32. The summed E-state index contributed by atoms with van der Waals surface area (Å²) in [5.74, 6) is -0.0895. The van der Waals surface area contributed by atoms with Crippen molar-refractivity contribution in [2.75, 3.05) is 6.61 Å². The van der Waals surface area contributed by atoms with Gasteiger partial charge in [-0.25, -0.2) is 4.79 Å². The molecule has 0 amide bonds. The molecule has 8 heavy (non-hydrogen) atoms. The summed E-state index contributed by atoms with van der Waals surface area (Å²) >= 11 is 0. The van der Waals surface area contributed by atoms with Crippen molar-refractivity contribution in [1.29, 1.82) is 0 Å². The van der Waals surface area contributed by atoms with Gasteiger partial charge in [-0.2, -0.15) is 0 Å². The summed E-state index contributed by atoms with van der Waals surface area (Å²) in [7, 11) is 0. The minimum absolute atomic E-state index is 0.0895. The summed E-state index contributed by atoms with van der Waals surface area (Å²) in [6.07, 6.45) is 0.404. The largest absolute Gasteiger partial charge is 0.449 e. The molecule has 1 radical (unpaired) electrons. The van der Waals surface area contributed by atoms with Gasteiger partial charge >= 0.3 is 6.47 Å². The highest BCUT2D eigenvalue weighted by Gasteiger charge is 1.95. The Kier molecular flexibility index (Phi) is 3.84. The highest BCUT2D eigenvalue weighted by molar-refractivity contribution is 5.80. The second-order valence-electron chi connectivity index (χ2n) is 1.26. The van der Waals surface area contributed by atoms with Crippen molar-refractivity contribution in [3.05, 3.63) is 0 Å². The maximum Gasteiger partial charge on any atom is 0.417 e. The van der Waals surface area contributed by atoms with E-state index in [1.54, 1.807) is 6.92 Å². The van der Waals surface area contributed by atoms with Gasteiger partial charge in [-0.15, -0.1) is 0 Å². The van der Waals surface area contributed by atoms with Crippen molar-refractivity contribution < 1.29 is 14.3 Å². The Morgan fingerprint density at radius 2 is 2.38 bits per heavy atom. The molecular weight excluding hydrogens is 108 g/mol. The zero-order chi connectivity index (χ0) is 6.41. The second-order valence-corrected chi connectivity index (χ2v) is 1.26. The first kappa shape index (κ1) is 7.14. The van der Waals surface area contributed by atoms with Crippen LogP contribution in [-0.4, -0.2) is 18.9 Å². The third-order valence-corrected chi connectivity index (χ3v) is 0.686. The molecule has 0 fully saturated rings. The fourth-order valence-electron chi connectivity index (χ4n) is 0.212. The number of rotatable bonds is 4. The minimum Gasteiger partial charge on any atom is -0.449 e. The molecule has 45 valence electrons. The summed E-state index contributed by atoms with van der Waals surface area (Å²) in [4.78, 5) is 19.6. The van der Waals surface area contributed by atoms with Gasteiger partial charge in [0.2, 0.25) is 0 Å². The van der Waals surface area contributed by atoms with Gasteiger partial charge in [-0.1, -0.05) is 6.92 Å². The van der Waals surface area contributed by atoms with Gasteiger partial charge in [0.25, 0.3) is 0 Å². The number of hydrogen-bond donors (Lipinski definition) is 0. The molecule has 0 atom stereocenters. The van der Waals surface area contributed by atoms with E-state index in [9.17, 15) is 9.59 Å². The van der Waals surface area contributed by atoms with Crippen molar-refractivity contribution >= 4 is 12.3 Å². The SMILES string of the molecule is CCC(=O)CO[C]=O. The van der Waals surface area contributed by atoms with Gasteiger partial charge in [0, 0.05) is 6.42 Å². The number of Topliss-reactive ketones (excluding diaryl/α,β-unsaturated/α-hetero) is 1. The molecule has 0 unspecified atom stereocenters. The fraction of sp³-hybridized carbons (Fsp3) is 0.600. The molecule has 0 saturated heterocycles. The van der Waals surface area contributed by atoms with Crippen LogP contribution >= 0.6 is 0 Å². The van der Waals surface area contributed by atoms with Crippen LogP contribution < -0.4 is 0 Å². The van der Waals surface area contributed by atoms with Crippen molar-refractivity contribution in [1.82, 2.24) is 0 Å². The highest BCUT2D eigenvalue weighted by Crippen LogP contribution is 1.78. The first-order chi connectivity index (χ1) is 3.81. The van der Waals surface area contributed by atoms with Crippen LogP contribution in [0.2, 0.25) is 0 Å². The van der Waals surface area contributed by atoms with E-state index in [0.717, 1.165) is 6.47 Å². The lowest BCUT2D eigenvalue weighted by molar-refractivity contribution is -0.121. The average Bonchev–Trinajstić information content (AvgIpc) is 1.83. The predicted octanol–water partition coefficient (Wildman–Crippen LogP) is 0.0493. The summed E-state index contributed by atoms with van der Waals surface area (Å²) in [6.45, 7) is 2.73. The van der Waals surface area contributed by atoms with E-state index < -0.39 is 0 Å². The molecule has 0 aromatic rings. The second kappa shape index (κ2) is 4.30. The third kappa shape index (κ3) is 3.33. The van der Waals surface area contributed by atoms with Crippen molar-refractivity contribution in [2.24, 2.45) is 0 Å². The summed E-state index contributed by atoms with van der Waals surface area (Å²) < 4.78 is 4.03. The zero-order valence-corrected chi connectivity index (χ0v) is 4.64. The molecule has 0 aromatic carbocycles. The quantitative estimate of drug-likeness (QED) is 0.520. The van der Waals surface area contributed by atoms with E-state index in [0.29, 0.717) is 6.42 Å². The number of carbonyl (C=O) groups is 1. The maximum atomic E-state index is 10.3.